The van der Waals surface area contributed by atoms with Crippen molar-refractivity contribution in [1.29, 1.82) is 0 Å². The molecular formula is C25H29N3O3S. The molecule has 1 aromatic heterocycles. The van der Waals surface area contributed by atoms with Gasteiger partial charge in [-0.1, -0.05) is 29.8 Å². The molecule has 0 spiro atoms. The van der Waals surface area contributed by atoms with Crippen LogP contribution in [0.15, 0.2) is 53.4 Å². The third-order valence-electron chi connectivity index (χ3n) is 6.90. The van der Waals surface area contributed by atoms with Crippen LogP contribution >= 0.6 is 0 Å². The first-order valence-corrected chi connectivity index (χ1v) is 12.8. The Morgan fingerprint density at radius 2 is 1.94 bits per heavy atom. The summed E-state index contributed by atoms with van der Waals surface area (Å²) in [6, 6.07) is 15.8. The molecule has 1 aliphatic carbocycles. The summed E-state index contributed by atoms with van der Waals surface area (Å²) in [6.45, 7) is 3.02. The van der Waals surface area contributed by atoms with E-state index in [0.29, 0.717) is 18.0 Å². The molecule has 3 aromatic rings. The van der Waals surface area contributed by atoms with Crippen molar-refractivity contribution in [1.82, 2.24) is 4.98 Å². The maximum atomic E-state index is 12.8. The predicted octanol–water partition coefficient (Wildman–Crippen LogP) is 3.56. The fourth-order valence-corrected chi connectivity index (χ4v) is 6.66. The van der Waals surface area contributed by atoms with E-state index in [-0.39, 0.29) is 23.8 Å². The first-order valence-electron chi connectivity index (χ1n) is 11.1. The van der Waals surface area contributed by atoms with Gasteiger partial charge < -0.3 is 15.4 Å². The minimum atomic E-state index is -3.31. The molecule has 0 saturated heterocycles. The minimum Gasteiger partial charge on any atom is -0.380 e. The van der Waals surface area contributed by atoms with Crippen molar-refractivity contribution in [3.8, 4) is 0 Å². The van der Waals surface area contributed by atoms with Gasteiger partial charge >= 0.3 is 0 Å². The molecule has 2 aliphatic rings. The van der Waals surface area contributed by atoms with Gasteiger partial charge in [0.25, 0.3) is 0 Å². The van der Waals surface area contributed by atoms with E-state index < -0.39 is 9.84 Å². The molecule has 1 aliphatic heterocycles. The molecule has 1 saturated carbocycles. The molecule has 3 unspecified atom stereocenters. The number of fused-ring (bicyclic) bond motifs is 2. The zero-order chi connectivity index (χ0) is 22.5. The highest BCUT2D eigenvalue weighted by Gasteiger charge is 2.34. The molecule has 6 nitrogen and oxygen atoms in total. The Hall–Kier alpha value is -2.48. The Morgan fingerprint density at radius 3 is 2.72 bits per heavy atom. The smallest absolute Gasteiger partial charge is 0.180 e. The Balaban J connectivity index is 1.60. The van der Waals surface area contributed by atoms with Crippen molar-refractivity contribution in [3.63, 3.8) is 0 Å². The maximum Gasteiger partial charge on any atom is 0.180 e. The summed E-state index contributed by atoms with van der Waals surface area (Å²) in [4.78, 5) is 7.49. The van der Waals surface area contributed by atoms with E-state index in [9.17, 15) is 8.42 Å². The van der Waals surface area contributed by atoms with Crippen LogP contribution in [0.3, 0.4) is 0 Å². The van der Waals surface area contributed by atoms with Gasteiger partial charge in [-0.3, -0.25) is 0 Å². The van der Waals surface area contributed by atoms with Crippen LogP contribution in [0.1, 0.15) is 35.4 Å². The molecule has 3 atom stereocenters. The Kier molecular flexibility index (Phi) is 5.43. The number of hydrogen-bond donors (Lipinski definition) is 1. The number of hydrogen-bond acceptors (Lipinski definition) is 6. The van der Waals surface area contributed by atoms with E-state index in [2.05, 4.69) is 36.1 Å². The van der Waals surface area contributed by atoms with Gasteiger partial charge in [-0.2, -0.15) is 0 Å². The van der Waals surface area contributed by atoms with Crippen LogP contribution in [0.2, 0.25) is 0 Å². The van der Waals surface area contributed by atoms with Crippen LogP contribution in [-0.4, -0.2) is 45.0 Å². The van der Waals surface area contributed by atoms with Crippen LogP contribution in [-0.2, 0) is 21.1 Å². The zero-order valence-electron chi connectivity index (χ0n) is 18.5. The maximum absolute atomic E-state index is 12.8. The molecule has 168 valence electrons. The third kappa shape index (κ3) is 3.78. The van der Waals surface area contributed by atoms with Crippen LogP contribution in [0, 0.1) is 6.92 Å². The van der Waals surface area contributed by atoms with Crippen molar-refractivity contribution in [3.05, 3.63) is 65.2 Å². The van der Waals surface area contributed by atoms with E-state index in [1.165, 1.54) is 11.1 Å². The van der Waals surface area contributed by atoms with Crippen LogP contribution in [0.4, 0.5) is 5.82 Å². The lowest BCUT2D eigenvalue weighted by molar-refractivity contribution is 0.0951. The molecule has 0 bridgehead atoms. The lowest BCUT2D eigenvalue weighted by Gasteiger charge is -2.24. The van der Waals surface area contributed by atoms with E-state index >= 15 is 0 Å². The Labute approximate surface area is 189 Å². The molecule has 2 heterocycles. The highest BCUT2D eigenvalue weighted by Crippen LogP contribution is 2.40. The number of methoxy groups -OCH3 is 1. The molecule has 32 heavy (non-hydrogen) atoms. The summed E-state index contributed by atoms with van der Waals surface area (Å²) in [7, 11) is -1.59. The number of anilines is 1. The molecule has 7 heteroatoms. The van der Waals surface area contributed by atoms with E-state index in [0.717, 1.165) is 35.1 Å². The lowest BCUT2D eigenvalue weighted by atomic mass is 9.93. The average Bonchev–Trinajstić information content (AvgIpc) is 3.09. The monoisotopic (exact) mass is 451 g/mol. The largest absolute Gasteiger partial charge is 0.380 e. The standard InChI is InChI=1S/C25H29N3O3S/c1-16-7-8-22-20(11-16)19(18-12-21(26)23(13-18)31-2)14-25(27-22)28-9-10-32(29,30)24-6-4-3-5-17(24)15-28/h3-8,11,14,18,21,23H,9-10,12-13,15,26H2,1-2H3. The van der Waals surface area contributed by atoms with Gasteiger partial charge in [0.05, 0.1) is 22.3 Å². The highest BCUT2D eigenvalue weighted by molar-refractivity contribution is 7.91. The molecular weight excluding hydrogens is 422 g/mol. The van der Waals surface area contributed by atoms with Gasteiger partial charge in [0.1, 0.15) is 5.82 Å². The zero-order valence-corrected chi connectivity index (χ0v) is 19.3. The molecule has 1 fully saturated rings. The van der Waals surface area contributed by atoms with Crippen LogP contribution in [0.5, 0.6) is 0 Å². The summed E-state index contributed by atoms with van der Waals surface area (Å²) >= 11 is 0. The molecule has 5 rings (SSSR count). The first kappa shape index (κ1) is 21.4. The average molecular weight is 452 g/mol. The van der Waals surface area contributed by atoms with E-state index in [4.69, 9.17) is 15.5 Å². The summed E-state index contributed by atoms with van der Waals surface area (Å²) in [6.07, 6.45) is 1.79. The Bertz CT molecular complexity index is 1270. The van der Waals surface area contributed by atoms with Gasteiger partial charge in [-0.05, 0) is 61.1 Å². The molecule has 0 radical (unpaired) electrons. The second-order valence-corrected chi connectivity index (χ2v) is 11.1. The highest BCUT2D eigenvalue weighted by atomic mass is 32.2. The van der Waals surface area contributed by atoms with Crippen LogP contribution < -0.4 is 10.6 Å². The minimum absolute atomic E-state index is 0.0108. The molecule has 2 N–H and O–H groups in total. The van der Waals surface area contributed by atoms with Crippen molar-refractivity contribution in [2.45, 2.75) is 49.3 Å². The van der Waals surface area contributed by atoms with Crippen molar-refractivity contribution >= 4 is 26.6 Å². The van der Waals surface area contributed by atoms with Gasteiger partial charge in [0.2, 0.25) is 0 Å². The van der Waals surface area contributed by atoms with Gasteiger partial charge in [-0.25, -0.2) is 13.4 Å². The van der Waals surface area contributed by atoms with E-state index in [1.807, 2.05) is 12.1 Å². The number of ether oxygens (including phenoxy) is 1. The number of aromatic nitrogens is 1. The van der Waals surface area contributed by atoms with Gasteiger partial charge in [-0.15, -0.1) is 0 Å². The van der Waals surface area contributed by atoms with Crippen LogP contribution in [0.25, 0.3) is 10.9 Å². The first-order chi connectivity index (χ1) is 15.4. The summed E-state index contributed by atoms with van der Waals surface area (Å²) < 4.78 is 31.3. The number of nitrogens with zero attached hydrogens (tertiary/aromatic N) is 2. The number of aryl methyl sites for hydroxylation is 1. The second kappa shape index (κ2) is 8.14. The number of rotatable bonds is 3. The fraction of sp³-hybridized carbons (Fsp3) is 0.400. The SMILES string of the molecule is COC1CC(c2cc(N3CCS(=O)(=O)c4ccccc4C3)nc3ccc(C)cc23)CC1N. The Morgan fingerprint density at radius 1 is 1.12 bits per heavy atom. The molecule has 0 amide bonds. The van der Waals surface area contributed by atoms with Crippen molar-refractivity contribution in [2.75, 3.05) is 24.3 Å². The second-order valence-electron chi connectivity index (χ2n) is 9.04. The summed E-state index contributed by atoms with van der Waals surface area (Å²) in [5.74, 6) is 1.18. The number of benzene rings is 2. The quantitative estimate of drug-likeness (QED) is 0.655. The van der Waals surface area contributed by atoms with E-state index in [1.54, 1.807) is 19.2 Å². The number of nitrogens with two attached hydrogens (primary N) is 1. The number of sulfone groups is 1. The number of pyridine rings is 1. The van der Waals surface area contributed by atoms with Gasteiger partial charge in [0, 0.05) is 31.6 Å². The predicted molar refractivity (Wildman–Crippen MR) is 127 cm³/mol. The topological polar surface area (TPSA) is 85.5 Å². The normalized spacial score (nSPS) is 25.0. The fourth-order valence-electron chi connectivity index (χ4n) is 5.17. The summed E-state index contributed by atoms with van der Waals surface area (Å²) in [5.41, 5.74) is 10.5. The van der Waals surface area contributed by atoms with Gasteiger partial charge in [0.15, 0.2) is 9.84 Å². The lowest BCUT2D eigenvalue weighted by Crippen LogP contribution is -2.30. The third-order valence-corrected chi connectivity index (χ3v) is 8.69. The van der Waals surface area contributed by atoms with Crippen molar-refractivity contribution in [2.24, 2.45) is 5.73 Å². The summed E-state index contributed by atoms with van der Waals surface area (Å²) in [5, 5.41) is 1.14. The van der Waals surface area contributed by atoms with Crippen molar-refractivity contribution < 1.29 is 13.2 Å². The molecule has 2 aromatic carbocycles.